The summed E-state index contributed by atoms with van der Waals surface area (Å²) in [6, 6.07) is 0. The van der Waals surface area contributed by atoms with Crippen molar-refractivity contribution in [3.8, 4) is 0 Å². The molecule has 92 valence electrons. The SMILES string of the molecule is CCC(C)c1nc(CCCN(C)C)[nH]c1C. The van der Waals surface area contributed by atoms with E-state index in [1.807, 2.05) is 0 Å². The molecule has 0 aliphatic rings. The highest BCUT2D eigenvalue weighted by Gasteiger charge is 2.11. The van der Waals surface area contributed by atoms with E-state index in [9.17, 15) is 0 Å². The van der Waals surface area contributed by atoms with Crippen molar-refractivity contribution in [1.29, 1.82) is 0 Å². The van der Waals surface area contributed by atoms with Crippen LogP contribution >= 0.6 is 0 Å². The van der Waals surface area contributed by atoms with Crippen molar-refractivity contribution in [3.63, 3.8) is 0 Å². The van der Waals surface area contributed by atoms with Crippen molar-refractivity contribution < 1.29 is 0 Å². The Hall–Kier alpha value is -0.830. The van der Waals surface area contributed by atoms with E-state index in [1.165, 1.54) is 17.8 Å². The molecule has 0 saturated carbocycles. The van der Waals surface area contributed by atoms with Gasteiger partial charge in [0.25, 0.3) is 0 Å². The fraction of sp³-hybridized carbons (Fsp3) is 0.769. The third-order valence-electron chi connectivity index (χ3n) is 3.07. The number of hydrogen-bond donors (Lipinski definition) is 1. The first-order valence-corrected chi connectivity index (χ1v) is 6.24. The van der Waals surface area contributed by atoms with Crippen molar-refractivity contribution in [2.45, 2.75) is 46.0 Å². The minimum Gasteiger partial charge on any atom is -0.346 e. The second-order valence-electron chi connectivity index (χ2n) is 4.91. The molecule has 1 aromatic heterocycles. The first-order valence-electron chi connectivity index (χ1n) is 6.24. The molecule has 0 radical (unpaired) electrons. The molecule has 3 nitrogen and oxygen atoms in total. The Bertz CT molecular complexity index is 315. The van der Waals surface area contributed by atoms with Crippen LogP contribution in [0.4, 0.5) is 0 Å². The van der Waals surface area contributed by atoms with Crippen molar-refractivity contribution in [3.05, 3.63) is 17.2 Å². The maximum absolute atomic E-state index is 4.70. The van der Waals surface area contributed by atoms with Crippen LogP contribution < -0.4 is 0 Å². The highest BCUT2D eigenvalue weighted by molar-refractivity contribution is 5.17. The second kappa shape index (κ2) is 6.04. The Morgan fingerprint density at radius 3 is 2.62 bits per heavy atom. The molecule has 0 aliphatic heterocycles. The van der Waals surface area contributed by atoms with Crippen molar-refractivity contribution >= 4 is 0 Å². The van der Waals surface area contributed by atoms with Gasteiger partial charge in [0.1, 0.15) is 5.82 Å². The molecular formula is C13H25N3. The summed E-state index contributed by atoms with van der Waals surface area (Å²) in [5, 5.41) is 0. The lowest BCUT2D eigenvalue weighted by atomic mass is 10.0. The van der Waals surface area contributed by atoms with Gasteiger partial charge in [0.05, 0.1) is 5.69 Å². The summed E-state index contributed by atoms with van der Waals surface area (Å²) >= 11 is 0. The predicted molar refractivity (Wildman–Crippen MR) is 68.9 cm³/mol. The average Bonchev–Trinajstić information content (AvgIpc) is 2.58. The van der Waals surface area contributed by atoms with E-state index in [4.69, 9.17) is 4.98 Å². The van der Waals surface area contributed by atoms with Crippen LogP contribution in [-0.4, -0.2) is 35.5 Å². The molecule has 3 heteroatoms. The first-order chi connectivity index (χ1) is 7.54. The molecule has 0 aromatic carbocycles. The number of hydrogen-bond acceptors (Lipinski definition) is 2. The molecule has 0 spiro atoms. The predicted octanol–water partition coefficient (Wildman–Crippen LogP) is 2.73. The van der Waals surface area contributed by atoms with Gasteiger partial charge in [0.2, 0.25) is 0 Å². The molecule has 0 aliphatic carbocycles. The minimum atomic E-state index is 0.568. The molecule has 0 fully saturated rings. The summed E-state index contributed by atoms with van der Waals surface area (Å²) in [5.41, 5.74) is 2.50. The highest BCUT2D eigenvalue weighted by atomic mass is 15.0. The van der Waals surface area contributed by atoms with Crippen molar-refractivity contribution in [1.82, 2.24) is 14.9 Å². The highest BCUT2D eigenvalue weighted by Crippen LogP contribution is 2.20. The van der Waals surface area contributed by atoms with Gasteiger partial charge in [-0.05, 0) is 46.3 Å². The summed E-state index contributed by atoms with van der Waals surface area (Å²) in [6.45, 7) is 7.71. The number of aromatic nitrogens is 2. The van der Waals surface area contributed by atoms with Crippen LogP contribution in [0.15, 0.2) is 0 Å². The maximum atomic E-state index is 4.70. The summed E-state index contributed by atoms with van der Waals surface area (Å²) in [6.07, 6.45) is 3.37. The molecule has 0 amide bonds. The van der Waals surface area contributed by atoms with Crippen LogP contribution in [-0.2, 0) is 6.42 Å². The lowest BCUT2D eigenvalue weighted by Crippen LogP contribution is -2.13. The molecular weight excluding hydrogens is 198 g/mol. The average molecular weight is 223 g/mol. The van der Waals surface area contributed by atoms with Gasteiger partial charge in [0, 0.05) is 12.1 Å². The Morgan fingerprint density at radius 1 is 1.38 bits per heavy atom. The topological polar surface area (TPSA) is 31.9 Å². The molecule has 1 unspecified atom stereocenters. The zero-order valence-corrected chi connectivity index (χ0v) is 11.3. The van der Waals surface area contributed by atoms with E-state index in [2.05, 4.69) is 44.8 Å². The van der Waals surface area contributed by atoms with Crippen LogP contribution in [0.25, 0.3) is 0 Å². The van der Waals surface area contributed by atoms with Crippen LogP contribution in [0.2, 0.25) is 0 Å². The third-order valence-corrected chi connectivity index (χ3v) is 3.07. The summed E-state index contributed by atoms with van der Waals surface area (Å²) < 4.78 is 0. The lowest BCUT2D eigenvalue weighted by molar-refractivity contribution is 0.399. The molecule has 1 atom stereocenters. The molecule has 0 bridgehead atoms. The standard InChI is InChI=1S/C13H25N3/c1-6-10(2)13-11(3)14-12(15-13)8-7-9-16(4)5/h10H,6-9H2,1-5H3,(H,14,15). The quantitative estimate of drug-likeness (QED) is 0.804. The zero-order chi connectivity index (χ0) is 12.1. The van der Waals surface area contributed by atoms with E-state index in [0.717, 1.165) is 25.2 Å². The minimum absolute atomic E-state index is 0.568. The van der Waals surface area contributed by atoms with Gasteiger partial charge in [-0.15, -0.1) is 0 Å². The van der Waals surface area contributed by atoms with Gasteiger partial charge in [-0.3, -0.25) is 0 Å². The zero-order valence-electron chi connectivity index (χ0n) is 11.3. The van der Waals surface area contributed by atoms with Gasteiger partial charge >= 0.3 is 0 Å². The first kappa shape index (κ1) is 13.2. The van der Waals surface area contributed by atoms with E-state index >= 15 is 0 Å². The normalized spacial score (nSPS) is 13.4. The summed E-state index contributed by atoms with van der Waals surface area (Å²) in [7, 11) is 4.22. The van der Waals surface area contributed by atoms with Crippen LogP contribution in [0.5, 0.6) is 0 Å². The van der Waals surface area contributed by atoms with Crippen LogP contribution in [0.1, 0.15) is 49.8 Å². The van der Waals surface area contributed by atoms with Gasteiger partial charge in [-0.1, -0.05) is 13.8 Å². The van der Waals surface area contributed by atoms with E-state index < -0.39 is 0 Å². The largest absolute Gasteiger partial charge is 0.346 e. The van der Waals surface area contributed by atoms with Gasteiger partial charge in [0.15, 0.2) is 0 Å². The van der Waals surface area contributed by atoms with Crippen LogP contribution in [0.3, 0.4) is 0 Å². The molecule has 16 heavy (non-hydrogen) atoms. The fourth-order valence-corrected chi connectivity index (χ4v) is 1.89. The van der Waals surface area contributed by atoms with Gasteiger partial charge < -0.3 is 9.88 Å². The lowest BCUT2D eigenvalue weighted by Gasteiger charge is -2.07. The maximum Gasteiger partial charge on any atom is 0.106 e. The molecule has 0 saturated heterocycles. The van der Waals surface area contributed by atoms with Crippen LogP contribution in [0, 0.1) is 6.92 Å². The smallest absolute Gasteiger partial charge is 0.106 e. The van der Waals surface area contributed by atoms with E-state index in [-0.39, 0.29) is 0 Å². The molecule has 1 heterocycles. The monoisotopic (exact) mass is 223 g/mol. The molecule has 1 rings (SSSR count). The van der Waals surface area contributed by atoms with Crippen molar-refractivity contribution in [2.24, 2.45) is 0 Å². The molecule has 1 N–H and O–H groups in total. The second-order valence-corrected chi connectivity index (χ2v) is 4.91. The Kier molecular flexibility index (Phi) is 5.00. The molecule has 1 aromatic rings. The fourth-order valence-electron chi connectivity index (χ4n) is 1.89. The Balaban J connectivity index is 2.55. The third kappa shape index (κ3) is 3.63. The number of nitrogens with one attached hydrogen (secondary N) is 1. The number of aryl methyl sites for hydroxylation is 2. The number of nitrogens with zero attached hydrogens (tertiary/aromatic N) is 2. The van der Waals surface area contributed by atoms with Gasteiger partial charge in [-0.25, -0.2) is 4.98 Å². The van der Waals surface area contributed by atoms with E-state index in [1.54, 1.807) is 0 Å². The van der Waals surface area contributed by atoms with E-state index in [0.29, 0.717) is 5.92 Å². The Labute approximate surface area is 99.3 Å². The van der Waals surface area contributed by atoms with Gasteiger partial charge in [-0.2, -0.15) is 0 Å². The number of aromatic amines is 1. The summed E-state index contributed by atoms with van der Waals surface area (Å²) in [4.78, 5) is 10.3. The van der Waals surface area contributed by atoms with Crippen molar-refractivity contribution in [2.75, 3.05) is 20.6 Å². The summed E-state index contributed by atoms with van der Waals surface area (Å²) in [5.74, 6) is 1.72. The number of imidazole rings is 1. The number of rotatable bonds is 6. The Morgan fingerprint density at radius 2 is 2.06 bits per heavy atom. The number of H-pyrrole nitrogens is 1.